The first-order chi connectivity index (χ1) is 47.2. The topological polar surface area (TPSA) is 597 Å². The van der Waals surface area contributed by atoms with Crippen molar-refractivity contribution in [1.29, 1.82) is 0 Å². The number of aryl methyl sites for hydroxylation is 2. The average molecular weight is 1500 g/mol. The summed E-state index contributed by atoms with van der Waals surface area (Å²) in [5.74, 6) is -1.91. The van der Waals surface area contributed by atoms with E-state index >= 15 is 0 Å². The van der Waals surface area contributed by atoms with Gasteiger partial charge in [0.15, 0.2) is 11.4 Å². The van der Waals surface area contributed by atoms with E-state index in [1.54, 1.807) is 19.6 Å². The summed E-state index contributed by atoms with van der Waals surface area (Å²) in [6.07, 6.45) is 1.86. The highest BCUT2D eigenvalue weighted by Crippen LogP contribution is 2.31. The van der Waals surface area contributed by atoms with Gasteiger partial charge in [-0.25, -0.2) is 4.79 Å². The second kappa shape index (κ2) is 45.0. The quantitative estimate of drug-likeness (QED) is 0.0167. The fourth-order valence-electron chi connectivity index (χ4n) is 8.84. The van der Waals surface area contributed by atoms with Crippen LogP contribution in [0.15, 0.2) is 103 Å². The van der Waals surface area contributed by atoms with Crippen molar-refractivity contribution >= 4 is 104 Å². The molecule has 0 aliphatic heterocycles. The number of Topliss-reactive ketones (excluding diaryl/α,β-unsaturated/α-hetero) is 2. The highest BCUT2D eigenvalue weighted by atomic mass is 32.2. The zero-order valence-electron chi connectivity index (χ0n) is 54.5. The van der Waals surface area contributed by atoms with Crippen LogP contribution in [0.3, 0.4) is 0 Å². The van der Waals surface area contributed by atoms with Crippen LogP contribution in [0, 0.1) is 13.8 Å². The highest BCUT2D eigenvalue weighted by molar-refractivity contribution is 7.91. The number of hydrazone groups is 2. The molecule has 2 aliphatic carbocycles. The Balaban J connectivity index is 0.000000682. The molecule has 0 spiro atoms. The van der Waals surface area contributed by atoms with Crippen LogP contribution in [0.2, 0.25) is 0 Å². The molecular weight excluding hydrogens is 1410 g/mol. The Labute approximate surface area is 578 Å². The maximum Gasteiger partial charge on any atom is 0.323 e. The van der Waals surface area contributed by atoms with Crippen LogP contribution >= 0.6 is 0 Å². The number of hydrogen-bond donors (Lipinski definition) is 20. The fourth-order valence-corrected chi connectivity index (χ4v) is 11.3. The summed E-state index contributed by atoms with van der Waals surface area (Å²) in [6.45, 7) is 9.90. The number of anilines is 4. The van der Waals surface area contributed by atoms with E-state index in [2.05, 4.69) is 31.7 Å². The number of urea groups is 1. The summed E-state index contributed by atoms with van der Waals surface area (Å²) in [5, 5.41) is 114. The molecule has 41 heteroatoms. The number of allylic oxidation sites excluding steroid dienone is 2. The maximum absolute atomic E-state index is 13.4. The Morgan fingerprint density at radius 2 is 0.620 bits per heavy atom. The molecular formula is C59H88N10O27S4. The zero-order chi connectivity index (χ0) is 75.4. The number of ketones is 2. The SMILES string of the molecule is Cc1cc(S(=O)(=O)O)ccc1N/N=C1/C(=O)c2ccc(NC(=O)Nc3ccc4c(c3)C=C(S(=O)(=O)O)/C(=N\Nc3ccc(S(=O)(=O)O)cc3C)C4=O)cc2C=C1S(=O)(=O)O.OCCN(CCO)CCO.OCCN(CCO)CCO.OCCN(CCO)CCO.OCCN(CCO)CCO. The monoisotopic (exact) mass is 1500 g/mol. The van der Waals surface area contributed by atoms with Gasteiger partial charge in [-0.05, 0) is 121 Å². The van der Waals surface area contributed by atoms with E-state index in [-0.39, 0.29) is 135 Å². The Morgan fingerprint density at radius 3 is 0.830 bits per heavy atom. The molecule has 2 amide bonds. The third kappa shape index (κ3) is 30.6. The van der Waals surface area contributed by atoms with Gasteiger partial charge in [0.2, 0.25) is 11.6 Å². The van der Waals surface area contributed by atoms with Gasteiger partial charge in [0.05, 0.1) is 100 Å². The van der Waals surface area contributed by atoms with Crippen LogP contribution in [-0.4, -0.2) is 320 Å². The van der Waals surface area contributed by atoms with Crippen LogP contribution in [0.4, 0.5) is 27.5 Å². The number of carbonyl (C=O) groups is 3. The number of aliphatic hydroxyl groups is 12. The van der Waals surface area contributed by atoms with Crippen molar-refractivity contribution < 1.29 is 128 Å². The molecule has 0 radical (unpaired) electrons. The lowest BCUT2D eigenvalue weighted by Gasteiger charge is -2.18. The molecule has 0 atom stereocenters. The van der Waals surface area contributed by atoms with Gasteiger partial charge >= 0.3 is 6.03 Å². The molecule has 37 nitrogen and oxygen atoms in total. The van der Waals surface area contributed by atoms with Crippen molar-refractivity contribution in [1.82, 2.24) is 19.6 Å². The summed E-state index contributed by atoms with van der Waals surface area (Å²) in [4.78, 5) is 44.4. The number of amides is 2. The predicted molar refractivity (Wildman–Crippen MR) is 368 cm³/mol. The summed E-state index contributed by atoms with van der Waals surface area (Å²) >= 11 is 0. The molecule has 6 rings (SSSR count). The van der Waals surface area contributed by atoms with Gasteiger partial charge < -0.3 is 71.9 Å². The van der Waals surface area contributed by atoms with Gasteiger partial charge in [-0.15, -0.1) is 0 Å². The summed E-state index contributed by atoms with van der Waals surface area (Å²) in [7, 11) is -19.2. The Bertz CT molecular complexity index is 3560. The molecule has 0 unspecified atom stereocenters. The lowest BCUT2D eigenvalue weighted by atomic mass is 9.94. The van der Waals surface area contributed by atoms with E-state index in [0.29, 0.717) is 78.5 Å². The zero-order valence-corrected chi connectivity index (χ0v) is 57.8. The lowest BCUT2D eigenvalue weighted by Crippen LogP contribution is -2.32. The van der Waals surface area contributed by atoms with Crippen LogP contribution < -0.4 is 21.5 Å². The third-order valence-corrected chi connectivity index (χ3v) is 17.1. The summed E-state index contributed by atoms with van der Waals surface area (Å²) < 4.78 is 134. The minimum absolute atomic E-state index is 0.0240. The van der Waals surface area contributed by atoms with E-state index in [9.17, 15) is 66.3 Å². The number of benzene rings is 4. The predicted octanol–water partition coefficient (Wildman–Crippen LogP) is -2.71. The lowest BCUT2D eigenvalue weighted by molar-refractivity contribution is 0.105. The number of hydrogen-bond acceptors (Lipinski definition) is 31. The number of rotatable bonds is 34. The molecule has 0 bridgehead atoms. The summed E-state index contributed by atoms with van der Waals surface area (Å²) in [5.41, 5.74) is 3.96. The average Bonchev–Trinajstić information content (AvgIpc) is 0.773. The molecule has 100 heavy (non-hydrogen) atoms. The van der Waals surface area contributed by atoms with E-state index < -0.39 is 89.1 Å². The molecule has 0 heterocycles. The van der Waals surface area contributed by atoms with Crippen LogP contribution in [-0.2, 0) is 40.5 Å². The highest BCUT2D eigenvalue weighted by Gasteiger charge is 2.35. The smallest absolute Gasteiger partial charge is 0.323 e. The molecule has 0 aromatic heterocycles. The molecule has 20 N–H and O–H groups in total. The molecule has 560 valence electrons. The van der Waals surface area contributed by atoms with Crippen molar-refractivity contribution in [3.63, 3.8) is 0 Å². The van der Waals surface area contributed by atoms with Crippen molar-refractivity contribution in [3.05, 3.63) is 116 Å². The third-order valence-electron chi connectivity index (χ3n) is 13.7. The molecule has 2 aliphatic rings. The van der Waals surface area contributed by atoms with Crippen molar-refractivity contribution in [2.24, 2.45) is 10.2 Å². The summed E-state index contributed by atoms with van der Waals surface area (Å²) in [6, 6.07) is 13.2. The van der Waals surface area contributed by atoms with E-state index in [4.69, 9.17) is 61.3 Å². The minimum Gasteiger partial charge on any atom is -0.395 e. The Kier molecular flexibility index (Phi) is 40.1. The number of carbonyl (C=O) groups excluding carboxylic acids is 3. The molecule has 4 aromatic rings. The molecule has 0 fully saturated rings. The maximum atomic E-state index is 13.4. The normalized spacial score (nSPS) is 13.8. The number of aliphatic hydroxyl groups excluding tert-OH is 12. The van der Waals surface area contributed by atoms with Gasteiger partial charge in [0, 0.05) is 101 Å². The van der Waals surface area contributed by atoms with Crippen molar-refractivity contribution in [2.45, 2.75) is 23.6 Å². The van der Waals surface area contributed by atoms with Gasteiger partial charge in [-0.3, -0.25) is 58.3 Å². The molecule has 4 aromatic carbocycles. The van der Waals surface area contributed by atoms with Gasteiger partial charge in [-0.2, -0.15) is 43.9 Å². The van der Waals surface area contributed by atoms with Gasteiger partial charge in [-0.1, -0.05) is 0 Å². The second-order valence-corrected chi connectivity index (χ2v) is 26.5. The van der Waals surface area contributed by atoms with Gasteiger partial charge in [0.1, 0.15) is 9.81 Å². The van der Waals surface area contributed by atoms with Crippen molar-refractivity contribution in [3.8, 4) is 0 Å². The largest absolute Gasteiger partial charge is 0.395 e. The Hall–Kier alpha value is -7.09. The first kappa shape index (κ1) is 89.0. The van der Waals surface area contributed by atoms with Crippen LogP contribution in [0.1, 0.15) is 43.0 Å². The minimum atomic E-state index is -5.08. The van der Waals surface area contributed by atoms with Gasteiger partial charge in [0.25, 0.3) is 40.5 Å². The number of nitrogens with zero attached hydrogens (tertiary/aromatic N) is 6. The molecule has 0 saturated carbocycles. The van der Waals surface area contributed by atoms with E-state index in [1.165, 1.54) is 62.4 Å². The van der Waals surface area contributed by atoms with Crippen LogP contribution in [0.25, 0.3) is 12.2 Å². The number of fused-ring (bicyclic) bond motifs is 2. The number of nitrogens with one attached hydrogen (secondary N) is 4. The first-order valence-corrected chi connectivity index (χ1v) is 35.8. The van der Waals surface area contributed by atoms with Crippen molar-refractivity contribution in [2.75, 3.05) is 179 Å². The first-order valence-electron chi connectivity index (χ1n) is 30.1. The molecule has 0 saturated heterocycles. The van der Waals surface area contributed by atoms with Crippen LogP contribution in [0.5, 0.6) is 0 Å². The second-order valence-electron chi connectivity index (χ2n) is 20.9. The Morgan fingerprint density at radius 1 is 0.370 bits per heavy atom. The fraction of sp³-hybridized carbons (Fsp3) is 0.441. The van der Waals surface area contributed by atoms with E-state index in [1.807, 2.05) is 0 Å². The standard InChI is InChI=1S/C35H28N6O15S4.4C6H15NO3/c1-17-11-23(57(45,46)47)5-9-27(17)38-40-31-29(59(51,52)53)15-19-13-21(3-7-25(19)33(31)42)36-35(44)37-22-4-8-26-20(14-22)16-30(60(54,55)56)32(34(26)43)41-39-28-10-6-24(12-18(28)2)58(48,49)50;4*8-4-1-7(2-5-9)3-6-10/h3-16,38-39H,1-2H3,(H2,36,37,44)(H,45,46,47)(H,48,49,50)(H,51,52,53)(H,54,55,56);4*8-10H,1-6H2/b40-31+,41-32+;;;;. The van der Waals surface area contributed by atoms with E-state index in [0.717, 1.165) is 36.4 Å².